The number of nitrogens with one attached hydrogen (secondary N) is 2. The molecule has 0 saturated carbocycles. The maximum atomic E-state index is 12.3. The molecule has 0 aliphatic carbocycles. The van der Waals surface area contributed by atoms with Crippen molar-refractivity contribution in [1.82, 2.24) is 40.6 Å². The molecule has 2 aromatic rings. The molecule has 2 heterocycles. The van der Waals surface area contributed by atoms with Gasteiger partial charge in [0.15, 0.2) is 0 Å². The van der Waals surface area contributed by atoms with Crippen LogP contribution in [0, 0.1) is 0 Å². The van der Waals surface area contributed by atoms with Crippen LogP contribution in [0.2, 0.25) is 12.1 Å². The zero-order chi connectivity index (χ0) is 28.0. The van der Waals surface area contributed by atoms with Gasteiger partial charge in [0.2, 0.25) is 0 Å². The molecule has 0 bridgehead atoms. The highest BCUT2D eigenvalue weighted by atomic mass is 33.1. The lowest BCUT2D eigenvalue weighted by Gasteiger charge is -2.24. The summed E-state index contributed by atoms with van der Waals surface area (Å²) >= 11 is 0. The predicted octanol–water partition coefficient (Wildman–Crippen LogP) is 1.32. The van der Waals surface area contributed by atoms with Crippen molar-refractivity contribution in [3.63, 3.8) is 0 Å². The van der Waals surface area contributed by atoms with Gasteiger partial charge in [-0.2, -0.15) is 9.36 Å². The summed E-state index contributed by atoms with van der Waals surface area (Å²) in [6.45, 7) is 0.778. The molecule has 0 aliphatic heterocycles. The summed E-state index contributed by atoms with van der Waals surface area (Å²) in [7, 11) is 6.35. The van der Waals surface area contributed by atoms with Gasteiger partial charge in [-0.1, -0.05) is 10.4 Å². The average molecular weight is 611 g/mol. The minimum atomic E-state index is -2.68. The summed E-state index contributed by atoms with van der Waals surface area (Å²) in [5.74, 6) is 0. The SMILES string of the molecule is CO[Si](CCCNC(=O)n1cc(SSc2cn(C(=O)NCCC[Si](OC)(OC)OC)nn2)nn1)(OC)OC. The van der Waals surface area contributed by atoms with Crippen molar-refractivity contribution in [1.29, 1.82) is 0 Å². The Morgan fingerprint density at radius 2 is 1.05 bits per heavy atom. The highest BCUT2D eigenvalue weighted by Gasteiger charge is 2.37. The Morgan fingerprint density at radius 1 is 0.711 bits per heavy atom. The summed E-state index contributed by atoms with van der Waals surface area (Å²) in [6.07, 6.45) is 4.20. The Morgan fingerprint density at radius 3 is 1.37 bits per heavy atom. The zero-order valence-electron chi connectivity index (χ0n) is 22.2. The summed E-state index contributed by atoms with van der Waals surface area (Å²) < 4.78 is 34.4. The molecule has 0 aromatic carbocycles. The third-order valence-electron chi connectivity index (χ3n) is 5.31. The van der Waals surface area contributed by atoms with Gasteiger partial charge in [0.25, 0.3) is 0 Å². The fourth-order valence-electron chi connectivity index (χ4n) is 3.13. The van der Waals surface area contributed by atoms with E-state index in [0.29, 0.717) is 48.1 Å². The van der Waals surface area contributed by atoms with Gasteiger partial charge in [0.1, 0.15) is 10.1 Å². The van der Waals surface area contributed by atoms with E-state index in [1.54, 1.807) is 42.7 Å². The molecule has 214 valence electrons. The second kappa shape index (κ2) is 16.3. The molecule has 16 nitrogen and oxygen atoms in total. The van der Waals surface area contributed by atoms with E-state index in [-0.39, 0.29) is 0 Å². The Labute approximate surface area is 230 Å². The van der Waals surface area contributed by atoms with Crippen molar-refractivity contribution < 1.29 is 36.1 Å². The van der Waals surface area contributed by atoms with Crippen molar-refractivity contribution in [3.8, 4) is 0 Å². The van der Waals surface area contributed by atoms with Crippen molar-refractivity contribution in [3.05, 3.63) is 12.4 Å². The molecule has 0 aliphatic rings. The molecule has 0 radical (unpaired) electrons. The minimum Gasteiger partial charge on any atom is -0.377 e. The molecular formula is C18H34N8O8S2Si2. The van der Waals surface area contributed by atoms with E-state index in [0.717, 1.165) is 9.36 Å². The van der Waals surface area contributed by atoms with E-state index < -0.39 is 29.7 Å². The summed E-state index contributed by atoms with van der Waals surface area (Å²) in [6, 6.07) is 0.278. The van der Waals surface area contributed by atoms with E-state index in [1.807, 2.05) is 0 Å². The van der Waals surface area contributed by atoms with Gasteiger partial charge in [0, 0.05) is 67.8 Å². The third kappa shape index (κ3) is 9.39. The molecule has 0 fully saturated rings. The number of nitrogens with zero attached hydrogens (tertiary/aromatic N) is 6. The number of amides is 2. The van der Waals surface area contributed by atoms with Crippen LogP contribution in [-0.2, 0) is 26.6 Å². The van der Waals surface area contributed by atoms with E-state index in [4.69, 9.17) is 26.6 Å². The topological polar surface area (TPSA) is 175 Å². The van der Waals surface area contributed by atoms with Crippen molar-refractivity contribution in [2.75, 3.05) is 55.7 Å². The van der Waals surface area contributed by atoms with Gasteiger partial charge in [-0.15, -0.1) is 10.2 Å². The van der Waals surface area contributed by atoms with Gasteiger partial charge in [-0.3, -0.25) is 0 Å². The molecule has 2 amide bonds. The van der Waals surface area contributed by atoms with E-state index >= 15 is 0 Å². The lowest BCUT2D eigenvalue weighted by atomic mass is 10.5. The summed E-state index contributed by atoms with van der Waals surface area (Å²) in [5.41, 5.74) is 0. The Balaban J connectivity index is 1.74. The smallest absolute Gasteiger partial charge is 0.377 e. The molecule has 0 spiro atoms. The fraction of sp³-hybridized carbons (Fsp3) is 0.667. The van der Waals surface area contributed by atoms with E-state index in [9.17, 15) is 9.59 Å². The molecule has 2 aromatic heterocycles. The standard InChI is InChI=1S/C18H34N8O8S2Si2/c1-29-37(30-2,31-3)11-7-9-19-17(27)25-13-15(21-23-25)35-36-16-14-26(24-22-16)18(28)20-10-8-12-38(32-4,33-5)34-6/h13-14H,7-12H2,1-6H3,(H,19,27)(H,20,28). The van der Waals surface area contributed by atoms with Crippen LogP contribution in [0.4, 0.5) is 9.59 Å². The van der Waals surface area contributed by atoms with Gasteiger partial charge in [-0.25, -0.2) is 9.59 Å². The largest absolute Gasteiger partial charge is 0.500 e. The predicted molar refractivity (Wildman–Crippen MR) is 142 cm³/mol. The van der Waals surface area contributed by atoms with Gasteiger partial charge < -0.3 is 37.2 Å². The van der Waals surface area contributed by atoms with Crippen molar-refractivity contribution in [2.24, 2.45) is 0 Å². The molecule has 38 heavy (non-hydrogen) atoms. The normalized spacial score (nSPS) is 12.1. The van der Waals surface area contributed by atoms with Crippen LogP contribution in [0.25, 0.3) is 0 Å². The highest BCUT2D eigenvalue weighted by molar-refractivity contribution is 8.76. The molecule has 2 rings (SSSR count). The number of carbonyl (C=O) groups is 2. The van der Waals surface area contributed by atoms with E-state index in [1.165, 1.54) is 34.0 Å². The second-order valence-corrected chi connectivity index (χ2v) is 15.8. The van der Waals surface area contributed by atoms with Gasteiger partial charge in [0.05, 0.1) is 12.4 Å². The maximum Gasteiger partial charge on any atom is 0.500 e. The first-order valence-electron chi connectivity index (χ1n) is 11.4. The highest BCUT2D eigenvalue weighted by Crippen LogP contribution is 2.34. The molecule has 0 atom stereocenters. The lowest BCUT2D eigenvalue weighted by Crippen LogP contribution is -2.43. The van der Waals surface area contributed by atoms with Crippen molar-refractivity contribution >= 4 is 51.3 Å². The number of rotatable bonds is 17. The first-order chi connectivity index (χ1) is 18.3. The first kappa shape index (κ1) is 32.3. The third-order valence-corrected chi connectivity index (χ3v) is 13.0. The molecule has 0 unspecified atom stereocenters. The van der Waals surface area contributed by atoms with Crippen LogP contribution in [0.1, 0.15) is 12.8 Å². The quantitative estimate of drug-likeness (QED) is 0.149. The molecule has 20 heteroatoms. The number of aromatic nitrogens is 6. The maximum absolute atomic E-state index is 12.3. The molecule has 2 N–H and O–H groups in total. The summed E-state index contributed by atoms with van der Waals surface area (Å²) in [4.78, 5) is 24.6. The monoisotopic (exact) mass is 610 g/mol. The van der Waals surface area contributed by atoms with E-state index in [2.05, 4.69) is 31.3 Å². The number of hydrogen-bond donors (Lipinski definition) is 2. The van der Waals surface area contributed by atoms with Crippen LogP contribution in [0.5, 0.6) is 0 Å². The lowest BCUT2D eigenvalue weighted by molar-refractivity contribution is 0.122. The minimum absolute atomic E-state index is 0.389. The zero-order valence-corrected chi connectivity index (χ0v) is 25.8. The molecular weight excluding hydrogens is 577 g/mol. The van der Waals surface area contributed by atoms with Gasteiger partial charge >= 0.3 is 29.7 Å². The first-order valence-corrected chi connectivity index (χ1v) is 17.4. The van der Waals surface area contributed by atoms with Crippen molar-refractivity contribution in [2.45, 2.75) is 35.0 Å². The Hall–Kier alpha value is -1.89. The average Bonchev–Trinajstić information content (AvgIpc) is 3.63. The number of hydrogen-bond acceptors (Lipinski definition) is 14. The summed E-state index contributed by atoms with van der Waals surface area (Å²) in [5, 5.41) is 22.1. The van der Waals surface area contributed by atoms with Crippen LogP contribution in [0.15, 0.2) is 22.4 Å². The Bertz CT molecular complexity index is 914. The van der Waals surface area contributed by atoms with Crippen LogP contribution < -0.4 is 10.6 Å². The second-order valence-electron chi connectivity index (χ2n) is 7.43. The molecule has 0 saturated heterocycles. The fourth-order valence-corrected chi connectivity index (χ4v) is 8.14. The van der Waals surface area contributed by atoms with Crippen LogP contribution in [0.3, 0.4) is 0 Å². The van der Waals surface area contributed by atoms with Crippen LogP contribution >= 0.6 is 21.6 Å². The number of carbonyl (C=O) groups excluding carboxylic acids is 2. The van der Waals surface area contributed by atoms with Gasteiger partial charge in [-0.05, 0) is 34.4 Å². The Kier molecular flexibility index (Phi) is 13.8. The van der Waals surface area contributed by atoms with Crippen LogP contribution in [-0.4, -0.2) is 115 Å².